The predicted octanol–water partition coefficient (Wildman–Crippen LogP) is -1.03. The van der Waals surface area contributed by atoms with Gasteiger partial charge in [0.25, 0.3) is 5.91 Å². The predicted molar refractivity (Wildman–Crippen MR) is 53.0 cm³/mol. The number of H-pyrrole nitrogens is 1. The topological polar surface area (TPSA) is 105 Å². The van der Waals surface area contributed by atoms with Gasteiger partial charge in [-0.05, 0) is 0 Å². The summed E-state index contributed by atoms with van der Waals surface area (Å²) in [6, 6.07) is 0. The van der Waals surface area contributed by atoms with Crippen molar-refractivity contribution >= 4 is 15.7 Å². The molecule has 1 aromatic heterocycles. The Morgan fingerprint density at radius 3 is 2.87 bits per heavy atom. The Morgan fingerprint density at radius 1 is 1.60 bits per heavy atom. The number of amides is 1. The molecule has 0 aliphatic rings. The largest absolute Gasteiger partial charge is 0.348 e. The molecule has 0 saturated heterocycles. The molecular weight excluding hydrogens is 220 g/mol. The number of hydrogen-bond donors (Lipinski definition) is 2. The third kappa shape index (κ3) is 3.66. The average molecular weight is 232 g/mol. The summed E-state index contributed by atoms with van der Waals surface area (Å²) in [5.41, 5.74) is 0. The van der Waals surface area contributed by atoms with E-state index in [4.69, 9.17) is 0 Å². The number of carbonyl (C=O) groups excluding carboxylic acids is 1. The van der Waals surface area contributed by atoms with E-state index in [0.29, 0.717) is 0 Å². The number of sulfone groups is 1. The van der Waals surface area contributed by atoms with Gasteiger partial charge in [0.1, 0.15) is 6.33 Å². The highest BCUT2D eigenvalue weighted by Crippen LogP contribution is 1.89. The van der Waals surface area contributed by atoms with Gasteiger partial charge in [0.05, 0.1) is 5.75 Å². The zero-order valence-corrected chi connectivity index (χ0v) is 9.04. The number of aromatic nitrogens is 3. The molecule has 1 rings (SSSR count). The lowest BCUT2D eigenvalue weighted by molar-refractivity contribution is 0.0946. The molecule has 8 heteroatoms. The van der Waals surface area contributed by atoms with Crippen molar-refractivity contribution < 1.29 is 13.2 Å². The van der Waals surface area contributed by atoms with Crippen LogP contribution in [0.25, 0.3) is 0 Å². The summed E-state index contributed by atoms with van der Waals surface area (Å²) in [4.78, 5) is 14.9. The zero-order valence-electron chi connectivity index (χ0n) is 8.23. The molecule has 1 aromatic rings. The summed E-state index contributed by atoms with van der Waals surface area (Å²) in [7, 11) is -3.04. The second kappa shape index (κ2) is 4.87. The Morgan fingerprint density at radius 2 is 2.33 bits per heavy atom. The molecule has 0 aliphatic heterocycles. The molecule has 0 atom stereocenters. The van der Waals surface area contributed by atoms with E-state index < -0.39 is 15.7 Å². The highest BCUT2D eigenvalue weighted by atomic mass is 32.2. The summed E-state index contributed by atoms with van der Waals surface area (Å²) in [6.07, 6.45) is 1.21. The summed E-state index contributed by atoms with van der Waals surface area (Å²) < 4.78 is 22.2. The van der Waals surface area contributed by atoms with Gasteiger partial charge in [-0.3, -0.25) is 9.89 Å². The van der Waals surface area contributed by atoms with Crippen LogP contribution in [0.15, 0.2) is 6.33 Å². The van der Waals surface area contributed by atoms with Crippen LogP contribution in [-0.2, 0) is 9.84 Å². The molecule has 0 aromatic carbocycles. The first-order valence-electron chi connectivity index (χ1n) is 4.39. The number of nitrogens with one attached hydrogen (secondary N) is 2. The normalized spacial score (nSPS) is 11.3. The first-order valence-corrected chi connectivity index (χ1v) is 6.21. The second-order valence-corrected chi connectivity index (χ2v) is 5.30. The molecule has 0 radical (unpaired) electrons. The second-order valence-electron chi connectivity index (χ2n) is 2.83. The first kappa shape index (κ1) is 11.6. The molecule has 0 fully saturated rings. The van der Waals surface area contributed by atoms with Gasteiger partial charge < -0.3 is 5.32 Å². The summed E-state index contributed by atoms with van der Waals surface area (Å²) in [5.74, 6) is -0.378. The van der Waals surface area contributed by atoms with Gasteiger partial charge in [0.15, 0.2) is 9.84 Å². The fraction of sp³-hybridized carbons (Fsp3) is 0.571. The summed E-state index contributed by atoms with van der Waals surface area (Å²) in [6.45, 7) is 1.64. The molecular formula is C7H12N4O3S. The van der Waals surface area contributed by atoms with Crippen LogP contribution in [0, 0.1) is 0 Å². The number of nitrogens with zero attached hydrogens (tertiary/aromatic N) is 2. The van der Waals surface area contributed by atoms with Crippen LogP contribution in [0.5, 0.6) is 0 Å². The van der Waals surface area contributed by atoms with Crippen molar-refractivity contribution in [3.63, 3.8) is 0 Å². The van der Waals surface area contributed by atoms with Crippen molar-refractivity contribution in [2.24, 2.45) is 0 Å². The molecule has 1 heterocycles. The van der Waals surface area contributed by atoms with Crippen LogP contribution in [0.1, 0.15) is 17.5 Å². The maximum Gasteiger partial charge on any atom is 0.288 e. The quantitative estimate of drug-likeness (QED) is 0.675. The minimum atomic E-state index is -3.04. The Bertz CT molecular complexity index is 411. The molecule has 0 unspecified atom stereocenters. The zero-order chi connectivity index (χ0) is 11.3. The smallest absolute Gasteiger partial charge is 0.288 e. The molecule has 0 bridgehead atoms. The van der Waals surface area contributed by atoms with Gasteiger partial charge in [0, 0.05) is 12.3 Å². The number of hydrogen-bond acceptors (Lipinski definition) is 5. The van der Waals surface area contributed by atoms with Crippen LogP contribution >= 0.6 is 0 Å². The van der Waals surface area contributed by atoms with Crippen molar-refractivity contribution in [2.75, 3.05) is 18.1 Å². The average Bonchev–Trinajstić information content (AvgIpc) is 2.70. The van der Waals surface area contributed by atoms with Gasteiger partial charge in [-0.1, -0.05) is 6.92 Å². The van der Waals surface area contributed by atoms with E-state index in [1.807, 2.05) is 0 Å². The Labute approximate surface area is 87.2 Å². The third-order valence-electron chi connectivity index (χ3n) is 1.77. The lowest BCUT2D eigenvalue weighted by Crippen LogP contribution is -2.30. The molecule has 2 N–H and O–H groups in total. The van der Waals surface area contributed by atoms with E-state index in [-0.39, 0.29) is 23.9 Å². The molecule has 7 nitrogen and oxygen atoms in total. The van der Waals surface area contributed by atoms with Crippen molar-refractivity contribution in [1.82, 2.24) is 20.5 Å². The van der Waals surface area contributed by atoms with Gasteiger partial charge in [-0.25, -0.2) is 13.4 Å². The van der Waals surface area contributed by atoms with E-state index in [1.165, 1.54) is 6.33 Å². The van der Waals surface area contributed by atoms with E-state index in [1.54, 1.807) is 6.92 Å². The highest BCUT2D eigenvalue weighted by Gasteiger charge is 2.10. The van der Waals surface area contributed by atoms with Crippen molar-refractivity contribution in [3.05, 3.63) is 12.2 Å². The van der Waals surface area contributed by atoms with E-state index >= 15 is 0 Å². The van der Waals surface area contributed by atoms with Crippen LogP contribution in [0.2, 0.25) is 0 Å². The Balaban J connectivity index is 2.36. The number of aromatic amines is 1. The van der Waals surface area contributed by atoms with Crippen LogP contribution in [0.3, 0.4) is 0 Å². The molecule has 0 spiro atoms. The maximum absolute atomic E-state index is 11.2. The lowest BCUT2D eigenvalue weighted by atomic mass is 10.5. The van der Waals surface area contributed by atoms with E-state index in [2.05, 4.69) is 20.5 Å². The molecule has 1 amide bonds. The Hall–Kier alpha value is -1.44. The summed E-state index contributed by atoms with van der Waals surface area (Å²) >= 11 is 0. The standard InChI is InChI=1S/C7H12N4O3S/c1-2-15(13,14)4-3-8-7(12)6-9-5-10-11-6/h5H,2-4H2,1H3,(H,8,12)(H,9,10,11). The van der Waals surface area contributed by atoms with E-state index in [9.17, 15) is 13.2 Å². The van der Waals surface area contributed by atoms with E-state index in [0.717, 1.165) is 0 Å². The first-order chi connectivity index (χ1) is 7.05. The third-order valence-corrected chi connectivity index (χ3v) is 3.47. The van der Waals surface area contributed by atoms with Gasteiger partial charge in [-0.15, -0.1) is 0 Å². The monoisotopic (exact) mass is 232 g/mol. The minimum absolute atomic E-state index is 0.0661. The summed E-state index contributed by atoms with van der Waals surface area (Å²) in [5, 5.41) is 8.30. The molecule has 0 saturated carbocycles. The van der Waals surface area contributed by atoms with Gasteiger partial charge >= 0.3 is 0 Å². The van der Waals surface area contributed by atoms with Crippen LogP contribution in [0.4, 0.5) is 0 Å². The minimum Gasteiger partial charge on any atom is -0.348 e. The molecule has 84 valence electrons. The van der Waals surface area contributed by atoms with Gasteiger partial charge in [-0.2, -0.15) is 5.10 Å². The molecule has 0 aliphatic carbocycles. The maximum atomic E-state index is 11.2. The van der Waals surface area contributed by atoms with Gasteiger partial charge in [0.2, 0.25) is 5.82 Å². The van der Waals surface area contributed by atoms with Crippen molar-refractivity contribution in [2.45, 2.75) is 6.92 Å². The van der Waals surface area contributed by atoms with Crippen LogP contribution in [-0.4, -0.2) is 47.6 Å². The highest BCUT2D eigenvalue weighted by molar-refractivity contribution is 7.91. The SMILES string of the molecule is CCS(=O)(=O)CCNC(=O)c1ncn[nH]1. The fourth-order valence-corrected chi connectivity index (χ4v) is 1.56. The van der Waals surface area contributed by atoms with Crippen LogP contribution < -0.4 is 5.32 Å². The fourth-order valence-electron chi connectivity index (χ4n) is 0.863. The number of carbonyl (C=O) groups is 1. The molecule has 15 heavy (non-hydrogen) atoms. The van der Waals surface area contributed by atoms with Crippen molar-refractivity contribution in [3.8, 4) is 0 Å². The number of rotatable bonds is 5. The Kier molecular flexibility index (Phi) is 3.78. The van der Waals surface area contributed by atoms with Crippen molar-refractivity contribution in [1.29, 1.82) is 0 Å². The lowest BCUT2D eigenvalue weighted by Gasteiger charge is -2.02.